The van der Waals surface area contributed by atoms with E-state index >= 15 is 0 Å². The van der Waals surface area contributed by atoms with Gasteiger partial charge in [-0.25, -0.2) is 0 Å². The molecule has 0 aromatic heterocycles. The van der Waals surface area contributed by atoms with E-state index in [1.165, 1.54) is 25.7 Å². The van der Waals surface area contributed by atoms with E-state index in [9.17, 15) is 0 Å². The smallest absolute Gasteiger partial charge is 0.104 e. The fourth-order valence-electron chi connectivity index (χ4n) is 2.95. The van der Waals surface area contributed by atoms with Crippen molar-refractivity contribution in [3.05, 3.63) is 0 Å². The van der Waals surface area contributed by atoms with E-state index in [0.29, 0.717) is 0 Å². The van der Waals surface area contributed by atoms with Crippen molar-refractivity contribution in [2.24, 2.45) is 0 Å². The lowest BCUT2D eigenvalue weighted by molar-refractivity contribution is 0.791. The molecule has 0 atom stereocenters. The van der Waals surface area contributed by atoms with E-state index < -0.39 is 3.07 Å². The molecule has 2 fully saturated rings. The summed E-state index contributed by atoms with van der Waals surface area (Å²) in [5.41, 5.74) is 2.33. The molecule has 0 nitrogen and oxygen atoms in total. The molecule has 0 saturated heterocycles. The second-order valence-electron chi connectivity index (χ2n) is 4.64. The second kappa shape index (κ2) is 4.68. The first-order valence-corrected chi connectivity index (χ1v) is 14.0. The lowest BCUT2D eigenvalue weighted by Crippen LogP contribution is -2.29. The zero-order chi connectivity index (χ0) is 9.31. The summed E-state index contributed by atoms with van der Waals surface area (Å²) in [7, 11) is 0. The maximum absolute atomic E-state index is 2.91. The van der Waals surface area contributed by atoms with Gasteiger partial charge < -0.3 is 0 Å². The molecule has 0 N–H and O–H groups in total. The Morgan fingerprint density at radius 1 is 0.692 bits per heavy atom. The van der Waals surface area contributed by atoms with E-state index in [0.717, 1.165) is 11.1 Å². The molecule has 3 heteroatoms. The molecule has 2 aliphatic rings. The van der Waals surface area contributed by atoms with Crippen molar-refractivity contribution < 1.29 is 0 Å². The highest BCUT2D eigenvalue weighted by atomic mass is 127. The molecule has 0 unspecified atom stereocenters. The minimum atomic E-state index is -0.897. The molecule has 2 saturated carbocycles. The van der Waals surface area contributed by atoms with Crippen molar-refractivity contribution in [1.29, 1.82) is 0 Å². The third-order valence-electron chi connectivity index (χ3n) is 3.80. The summed E-state index contributed by atoms with van der Waals surface area (Å²) in [5.74, 6) is 0. The Labute approximate surface area is 108 Å². The lowest BCUT2D eigenvalue weighted by Gasteiger charge is -2.31. The third-order valence-corrected chi connectivity index (χ3v) is 17.7. The molecule has 0 aromatic rings. The second-order valence-corrected chi connectivity index (χ2v) is 24.5. The molecule has 0 bridgehead atoms. The van der Waals surface area contributed by atoms with E-state index in [2.05, 4.69) is 43.6 Å². The van der Waals surface area contributed by atoms with Gasteiger partial charge in [0.05, 0.1) is 0 Å². The highest BCUT2D eigenvalue weighted by molar-refractivity contribution is 14.3. The van der Waals surface area contributed by atoms with E-state index in [1.54, 1.807) is 25.7 Å². The first kappa shape index (κ1) is 11.2. The van der Waals surface area contributed by atoms with E-state index in [4.69, 9.17) is 0 Å². The van der Waals surface area contributed by atoms with Gasteiger partial charge in [0, 0.05) is 0 Å². The van der Waals surface area contributed by atoms with Gasteiger partial charge in [0.1, 0.15) is 0 Å². The van der Waals surface area contributed by atoms with Gasteiger partial charge >= 0.3 is 0 Å². The average molecular weight is 420 g/mol. The van der Waals surface area contributed by atoms with Crippen LogP contribution in [-0.4, -0.2) is 3.07 Å². The number of halogens is 2. The summed E-state index contributed by atoms with van der Waals surface area (Å²) >= 11 is 5.81. The van der Waals surface area contributed by atoms with Crippen LogP contribution in [0.15, 0.2) is 0 Å². The van der Waals surface area contributed by atoms with Crippen molar-refractivity contribution >= 4 is 46.7 Å². The van der Waals surface area contributed by atoms with E-state index in [1.807, 2.05) is 0 Å². The Balaban J connectivity index is 1.99. The minimum absolute atomic E-state index is 0.897. The zero-order valence-electron chi connectivity index (χ0n) is 8.07. The van der Waals surface area contributed by atoms with E-state index in [-0.39, 0.29) is 0 Å². The van der Waals surface area contributed by atoms with Crippen LogP contribution in [0.2, 0.25) is 11.1 Å². The van der Waals surface area contributed by atoms with Crippen LogP contribution >= 0.6 is 43.6 Å². The maximum Gasteiger partial charge on any atom is 0.197 e. The van der Waals surface area contributed by atoms with Crippen LogP contribution < -0.4 is 0 Å². The molecule has 0 radical (unpaired) electrons. The zero-order valence-corrected chi connectivity index (χ0v) is 13.4. The predicted molar refractivity (Wildman–Crippen MR) is 78.2 cm³/mol. The lowest BCUT2D eigenvalue weighted by atomic mass is 10.3. The summed E-state index contributed by atoms with van der Waals surface area (Å²) in [6, 6.07) is 0. The van der Waals surface area contributed by atoms with Gasteiger partial charge in [-0.3, -0.25) is 0 Å². The Bertz CT molecular complexity index is 152. The Kier molecular flexibility index (Phi) is 4.02. The van der Waals surface area contributed by atoms with Gasteiger partial charge in [0.15, 0.2) is 3.07 Å². The fourth-order valence-corrected chi connectivity index (χ4v) is 13.5. The Morgan fingerprint density at radius 3 is 1.31 bits per heavy atom. The molecule has 0 aliphatic heterocycles. The third kappa shape index (κ3) is 2.43. The highest BCUT2D eigenvalue weighted by Gasteiger charge is 2.45. The molecule has 2 rings (SSSR count). The van der Waals surface area contributed by atoms with Crippen LogP contribution in [0.3, 0.4) is 0 Å². The van der Waals surface area contributed by atoms with Crippen molar-refractivity contribution in [1.82, 2.24) is 0 Å². The van der Waals surface area contributed by atoms with Crippen molar-refractivity contribution in [3.8, 4) is 0 Å². The standard InChI is InChI=1S/C10H18I2Si/c11-13(12,9-5-1-2-6-9)10-7-3-4-8-10/h9-10H,1-8H2. The van der Waals surface area contributed by atoms with Crippen LogP contribution in [0.4, 0.5) is 0 Å². The average Bonchev–Trinajstić information content (AvgIpc) is 2.78. The Morgan fingerprint density at radius 2 is 1.00 bits per heavy atom. The van der Waals surface area contributed by atoms with Crippen LogP contribution in [0.5, 0.6) is 0 Å². The monoisotopic (exact) mass is 420 g/mol. The van der Waals surface area contributed by atoms with Gasteiger partial charge in [0.25, 0.3) is 0 Å². The maximum atomic E-state index is 2.91. The van der Waals surface area contributed by atoms with Gasteiger partial charge in [-0.05, 0) is 11.1 Å². The topological polar surface area (TPSA) is 0 Å². The molecule has 0 aromatic carbocycles. The molecular formula is C10H18I2Si. The first-order chi connectivity index (χ1) is 6.21. The Hall–Kier alpha value is 1.68. The summed E-state index contributed by atoms with van der Waals surface area (Å²) in [5, 5.41) is 0. The largest absolute Gasteiger partial charge is 0.197 e. The number of hydrogen-bond acceptors (Lipinski definition) is 0. The summed E-state index contributed by atoms with van der Waals surface area (Å²) in [6.07, 6.45) is 12.4. The molecule has 76 valence electrons. The van der Waals surface area contributed by atoms with Crippen LogP contribution in [-0.2, 0) is 0 Å². The van der Waals surface area contributed by atoms with Gasteiger partial charge in [-0.15, -0.1) is 43.6 Å². The molecule has 0 amide bonds. The van der Waals surface area contributed by atoms with Crippen LogP contribution in [0, 0.1) is 0 Å². The quantitative estimate of drug-likeness (QED) is 0.328. The van der Waals surface area contributed by atoms with Crippen molar-refractivity contribution in [2.75, 3.05) is 0 Å². The van der Waals surface area contributed by atoms with Crippen molar-refractivity contribution in [2.45, 2.75) is 62.4 Å². The van der Waals surface area contributed by atoms with Crippen LogP contribution in [0.1, 0.15) is 51.4 Å². The molecule has 0 spiro atoms. The van der Waals surface area contributed by atoms with Crippen molar-refractivity contribution in [3.63, 3.8) is 0 Å². The molecule has 2 aliphatic carbocycles. The first-order valence-electron chi connectivity index (χ1n) is 5.59. The SMILES string of the molecule is I[Si](I)(C1CCCC1)C1CCCC1. The number of rotatable bonds is 2. The van der Waals surface area contributed by atoms with Crippen LogP contribution in [0.25, 0.3) is 0 Å². The summed E-state index contributed by atoms with van der Waals surface area (Å²) in [4.78, 5) is 0. The predicted octanol–water partition coefficient (Wildman–Crippen LogP) is 5.19. The molecule has 13 heavy (non-hydrogen) atoms. The highest BCUT2D eigenvalue weighted by Crippen LogP contribution is 2.56. The molecule has 0 heterocycles. The normalized spacial score (nSPS) is 27.2. The van der Waals surface area contributed by atoms with Gasteiger partial charge in [-0.2, -0.15) is 0 Å². The minimum Gasteiger partial charge on any atom is -0.104 e. The fraction of sp³-hybridized carbons (Fsp3) is 1.00. The summed E-state index contributed by atoms with van der Waals surface area (Å²) in [6.45, 7) is 0. The molecular weight excluding hydrogens is 402 g/mol. The van der Waals surface area contributed by atoms with Gasteiger partial charge in [-0.1, -0.05) is 51.4 Å². The van der Waals surface area contributed by atoms with Gasteiger partial charge in [0.2, 0.25) is 0 Å². The number of hydrogen-bond donors (Lipinski definition) is 0. The summed E-state index contributed by atoms with van der Waals surface area (Å²) < 4.78 is -0.897.